The summed E-state index contributed by atoms with van der Waals surface area (Å²) < 4.78 is 12.8. The van der Waals surface area contributed by atoms with Gasteiger partial charge >= 0.3 is 0 Å². The average Bonchev–Trinajstić information content (AvgIpc) is 3.39. The summed E-state index contributed by atoms with van der Waals surface area (Å²) in [6.45, 7) is 6.74. The first-order chi connectivity index (χ1) is 14.4. The van der Waals surface area contributed by atoms with Crippen molar-refractivity contribution in [2.45, 2.75) is 45.7 Å². The van der Waals surface area contributed by atoms with Crippen molar-refractivity contribution in [3.63, 3.8) is 0 Å². The number of likely N-dealkylation sites (tertiary alicyclic amines) is 1. The van der Waals surface area contributed by atoms with E-state index in [1.165, 1.54) is 0 Å². The molecule has 1 aromatic carbocycles. The Labute approximate surface area is 176 Å². The highest BCUT2D eigenvalue weighted by atomic mass is 16.5. The number of hydrogen-bond acceptors (Lipinski definition) is 5. The number of aromatic nitrogens is 3. The maximum atomic E-state index is 13.6. The van der Waals surface area contributed by atoms with Crippen molar-refractivity contribution in [3.8, 4) is 11.5 Å². The second kappa shape index (κ2) is 7.97. The molecule has 7 nitrogen and oxygen atoms in total. The third-order valence-electron chi connectivity index (χ3n) is 5.79. The fourth-order valence-corrected chi connectivity index (χ4v) is 4.24. The molecule has 0 aliphatic carbocycles. The zero-order valence-corrected chi connectivity index (χ0v) is 18.2. The van der Waals surface area contributed by atoms with Gasteiger partial charge in [-0.3, -0.25) is 4.79 Å². The molecule has 30 heavy (non-hydrogen) atoms. The molecule has 0 spiro atoms. The van der Waals surface area contributed by atoms with Gasteiger partial charge in [0.1, 0.15) is 11.5 Å². The Hall–Kier alpha value is -3.09. The van der Waals surface area contributed by atoms with Crippen LogP contribution in [-0.4, -0.2) is 46.3 Å². The van der Waals surface area contributed by atoms with Crippen LogP contribution < -0.4 is 9.47 Å². The molecule has 1 unspecified atom stereocenters. The molecule has 0 saturated carbocycles. The van der Waals surface area contributed by atoms with E-state index in [2.05, 4.69) is 18.9 Å². The number of aryl methyl sites for hydroxylation is 1. The Balaban J connectivity index is 1.70. The number of methoxy groups -OCH3 is 2. The van der Waals surface area contributed by atoms with Gasteiger partial charge in [-0.2, -0.15) is 5.10 Å². The summed E-state index contributed by atoms with van der Waals surface area (Å²) in [5, 5.41) is 5.32. The lowest BCUT2D eigenvalue weighted by Crippen LogP contribution is -2.31. The SMILES string of the molecule is COc1ccc(C2CCCN2C(=O)c2cc3cnn(C(C)C)c3nc2C)c(OC)c1. The molecular weight excluding hydrogens is 380 g/mol. The summed E-state index contributed by atoms with van der Waals surface area (Å²) in [5.41, 5.74) is 3.17. The topological polar surface area (TPSA) is 69.5 Å². The molecule has 1 amide bonds. The Morgan fingerprint density at radius 1 is 1.20 bits per heavy atom. The Morgan fingerprint density at radius 2 is 2.00 bits per heavy atom. The van der Waals surface area contributed by atoms with Crippen LogP contribution in [0, 0.1) is 6.92 Å². The lowest BCUT2D eigenvalue weighted by molar-refractivity contribution is 0.0733. The van der Waals surface area contributed by atoms with Crippen molar-refractivity contribution < 1.29 is 14.3 Å². The third-order valence-corrected chi connectivity index (χ3v) is 5.79. The van der Waals surface area contributed by atoms with Gasteiger partial charge in [-0.05, 0) is 51.8 Å². The Morgan fingerprint density at radius 3 is 2.70 bits per heavy atom. The van der Waals surface area contributed by atoms with Crippen LogP contribution in [0.25, 0.3) is 11.0 Å². The number of hydrogen-bond donors (Lipinski definition) is 0. The molecule has 1 atom stereocenters. The number of amides is 1. The monoisotopic (exact) mass is 408 g/mol. The van der Waals surface area contributed by atoms with E-state index in [-0.39, 0.29) is 18.0 Å². The van der Waals surface area contributed by atoms with Crippen LogP contribution in [0.5, 0.6) is 11.5 Å². The van der Waals surface area contributed by atoms with Gasteiger partial charge in [0.05, 0.1) is 37.7 Å². The van der Waals surface area contributed by atoms with Gasteiger partial charge in [-0.15, -0.1) is 0 Å². The predicted octanol–water partition coefficient (Wildman–Crippen LogP) is 4.32. The number of nitrogens with zero attached hydrogens (tertiary/aromatic N) is 4. The number of fused-ring (bicyclic) bond motifs is 1. The van der Waals surface area contributed by atoms with Gasteiger partial charge < -0.3 is 14.4 Å². The standard InChI is InChI=1S/C23H28N4O3/c1-14(2)27-22-16(13-24-27)11-19(15(3)25-22)23(28)26-10-6-7-20(26)18-9-8-17(29-4)12-21(18)30-5/h8-9,11-14,20H,6-7,10H2,1-5H3. The fraction of sp³-hybridized carbons (Fsp3) is 0.435. The first-order valence-electron chi connectivity index (χ1n) is 10.3. The molecule has 3 heterocycles. The maximum Gasteiger partial charge on any atom is 0.256 e. The Kier molecular flexibility index (Phi) is 5.37. The van der Waals surface area contributed by atoms with Gasteiger partial charge in [0.15, 0.2) is 5.65 Å². The number of ether oxygens (including phenoxy) is 2. The predicted molar refractivity (Wildman–Crippen MR) is 115 cm³/mol. The van der Waals surface area contributed by atoms with Crippen LogP contribution >= 0.6 is 0 Å². The summed E-state index contributed by atoms with van der Waals surface area (Å²) in [4.78, 5) is 20.2. The lowest BCUT2D eigenvalue weighted by atomic mass is 10.0. The number of carbonyl (C=O) groups excluding carboxylic acids is 1. The van der Waals surface area contributed by atoms with E-state index in [1.54, 1.807) is 20.4 Å². The molecule has 158 valence electrons. The zero-order valence-electron chi connectivity index (χ0n) is 18.2. The molecule has 7 heteroatoms. The normalized spacial score (nSPS) is 16.5. The van der Waals surface area contributed by atoms with Crippen LogP contribution in [0.1, 0.15) is 60.4 Å². The largest absolute Gasteiger partial charge is 0.497 e. The smallest absolute Gasteiger partial charge is 0.256 e. The Bertz CT molecular complexity index is 1090. The molecule has 0 bridgehead atoms. The minimum absolute atomic E-state index is 0.000400. The van der Waals surface area contributed by atoms with Crippen molar-refractivity contribution in [2.24, 2.45) is 0 Å². The summed E-state index contributed by atoms with van der Waals surface area (Å²) in [6, 6.07) is 7.88. The van der Waals surface area contributed by atoms with Crippen LogP contribution in [0.2, 0.25) is 0 Å². The van der Waals surface area contributed by atoms with Crippen molar-refractivity contribution in [1.82, 2.24) is 19.7 Å². The third kappa shape index (κ3) is 3.38. The number of carbonyl (C=O) groups is 1. The zero-order chi connectivity index (χ0) is 21.4. The number of pyridine rings is 1. The highest BCUT2D eigenvalue weighted by molar-refractivity contribution is 5.98. The lowest BCUT2D eigenvalue weighted by Gasteiger charge is -2.27. The van der Waals surface area contributed by atoms with Gasteiger partial charge in [0.25, 0.3) is 5.91 Å². The van der Waals surface area contributed by atoms with Gasteiger partial charge in [0, 0.05) is 29.6 Å². The average molecular weight is 409 g/mol. The molecular formula is C23H28N4O3. The number of benzene rings is 1. The molecule has 1 saturated heterocycles. The van der Waals surface area contributed by atoms with E-state index in [0.29, 0.717) is 12.1 Å². The van der Waals surface area contributed by atoms with Crippen molar-refractivity contribution in [2.75, 3.05) is 20.8 Å². The molecule has 2 aromatic heterocycles. The maximum absolute atomic E-state index is 13.6. The number of rotatable bonds is 5. The highest BCUT2D eigenvalue weighted by Crippen LogP contribution is 2.39. The van der Waals surface area contributed by atoms with Crippen LogP contribution in [0.3, 0.4) is 0 Å². The van der Waals surface area contributed by atoms with Gasteiger partial charge in [-0.25, -0.2) is 9.67 Å². The molecule has 3 aromatic rings. The molecule has 1 fully saturated rings. The molecule has 1 aliphatic heterocycles. The first-order valence-corrected chi connectivity index (χ1v) is 10.3. The second-order valence-corrected chi connectivity index (χ2v) is 7.98. The van der Waals surface area contributed by atoms with E-state index in [0.717, 1.165) is 46.6 Å². The van der Waals surface area contributed by atoms with Crippen molar-refractivity contribution >= 4 is 16.9 Å². The summed E-state index contributed by atoms with van der Waals surface area (Å²) in [5.74, 6) is 1.47. The molecule has 0 radical (unpaired) electrons. The quantitative estimate of drug-likeness (QED) is 0.629. The van der Waals surface area contributed by atoms with Crippen LogP contribution in [0.4, 0.5) is 0 Å². The van der Waals surface area contributed by atoms with E-state index in [4.69, 9.17) is 14.5 Å². The first kappa shape index (κ1) is 20.2. The van der Waals surface area contributed by atoms with E-state index in [1.807, 2.05) is 40.8 Å². The summed E-state index contributed by atoms with van der Waals surface area (Å²) in [6.07, 6.45) is 3.63. The van der Waals surface area contributed by atoms with E-state index in [9.17, 15) is 4.79 Å². The van der Waals surface area contributed by atoms with E-state index < -0.39 is 0 Å². The van der Waals surface area contributed by atoms with E-state index >= 15 is 0 Å². The molecule has 4 rings (SSSR count). The summed E-state index contributed by atoms with van der Waals surface area (Å²) in [7, 11) is 3.28. The minimum Gasteiger partial charge on any atom is -0.497 e. The fourth-order valence-electron chi connectivity index (χ4n) is 4.24. The molecule has 0 N–H and O–H groups in total. The van der Waals surface area contributed by atoms with Crippen molar-refractivity contribution in [1.29, 1.82) is 0 Å². The van der Waals surface area contributed by atoms with Gasteiger partial charge in [0.2, 0.25) is 0 Å². The summed E-state index contributed by atoms with van der Waals surface area (Å²) >= 11 is 0. The van der Waals surface area contributed by atoms with Crippen LogP contribution in [-0.2, 0) is 0 Å². The van der Waals surface area contributed by atoms with Gasteiger partial charge in [-0.1, -0.05) is 0 Å². The second-order valence-electron chi connectivity index (χ2n) is 7.98. The highest BCUT2D eigenvalue weighted by Gasteiger charge is 2.33. The molecule has 1 aliphatic rings. The van der Waals surface area contributed by atoms with Crippen LogP contribution in [0.15, 0.2) is 30.5 Å². The van der Waals surface area contributed by atoms with Crippen molar-refractivity contribution in [3.05, 3.63) is 47.3 Å². The minimum atomic E-state index is -0.0353.